The van der Waals surface area contributed by atoms with Gasteiger partial charge in [0.1, 0.15) is 0 Å². The molecule has 1 saturated carbocycles. The van der Waals surface area contributed by atoms with Crippen LogP contribution < -0.4 is 5.32 Å². The van der Waals surface area contributed by atoms with E-state index in [1.165, 1.54) is 25.7 Å². The topological polar surface area (TPSA) is 51.0 Å². The van der Waals surface area contributed by atoms with Gasteiger partial charge in [-0.1, -0.05) is 12.1 Å². The van der Waals surface area contributed by atoms with Crippen molar-refractivity contribution in [3.8, 4) is 0 Å². The number of rotatable bonds is 6. The van der Waals surface area contributed by atoms with Crippen molar-refractivity contribution in [2.24, 2.45) is 5.92 Å². The molecule has 4 nitrogen and oxygen atoms in total. The molecule has 0 saturated heterocycles. The van der Waals surface area contributed by atoms with E-state index in [-0.39, 0.29) is 0 Å². The zero-order valence-electron chi connectivity index (χ0n) is 8.57. The van der Waals surface area contributed by atoms with Crippen molar-refractivity contribution in [1.29, 1.82) is 0 Å². The Bertz CT molecular complexity index is 256. The van der Waals surface area contributed by atoms with Crippen LogP contribution in [0, 0.1) is 5.92 Å². The Kier molecular flexibility index (Phi) is 3.14. The molecule has 0 aliphatic heterocycles. The highest BCUT2D eigenvalue weighted by atomic mass is 16.5. The second-order valence-electron chi connectivity index (χ2n) is 3.90. The van der Waals surface area contributed by atoms with Gasteiger partial charge in [0.15, 0.2) is 5.82 Å². The summed E-state index contributed by atoms with van der Waals surface area (Å²) in [7, 11) is 0. The van der Waals surface area contributed by atoms with E-state index < -0.39 is 0 Å². The Morgan fingerprint density at radius 3 is 3.07 bits per heavy atom. The minimum atomic E-state index is 0.696. The molecule has 78 valence electrons. The van der Waals surface area contributed by atoms with Crippen molar-refractivity contribution in [2.75, 3.05) is 6.54 Å². The molecule has 0 radical (unpaired) electrons. The highest BCUT2D eigenvalue weighted by molar-refractivity contribution is 4.87. The van der Waals surface area contributed by atoms with Gasteiger partial charge in [-0.25, -0.2) is 0 Å². The predicted molar refractivity (Wildman–Crippen MR) is 52.8 cm³/mol. The van der Waals surface area contributed by atoms with Gasteiger partial charge >= 0.3 is 0 Å². The third-order valence-corrected chi connectivity index (χ3v) is 2.79. The van der Waals surface area contributed by atoms with Gasteiger partial charge in [-0.3, -0.25) is 0 Å². The molecule has 0 spiro atoms. The highest BCUT2D eigenvalue weighted by Crippen LogP contribution is 2.33. The van der Waals surface area contributed by atoms with Crippen LogP contribution in [0.4, 0.5) is 0 Å². The lowest BCUT2D eigenvalue weighted by molar-refractivity contribution is 0.405. The van der Waals surface area contributed by atoms with Crippen LogP contribution in [0.15, 0.2) is 10.9 Å². The minimum Gasteiger partial charge on any atom is -0.343 e. The lowest BCUT2D eigenvalue weighted by Gasteiger charge is -2.14. The van der Waals surface area contributed by atoms with Crippen LogP contribution >= 0.6 is 0 Å². The van der Waals surface area contributed by atoms with Crippen molar-refractivity contribution < 1.29 is 4.52 Å². The van der Waals surface area contributed by atoms with E-state index in [9.17, 15) is 0 Å². The van der Waals surface area contributed by atoms with Gasteiger partial charge in [-0.2, -0.15) is 4.98 Å². The van der Waals surface area contributed by atoms with Gasteiger partial charge in [0.05, 0.1) is 0 Å². The fourth-order valence-corrected chi connectivity index (χ4v) is 1.81. The predicted octanol–water partition coefficient (Wildman–Crippen LogP) is 1.39. The van der Waals surface area contributed by atoms with E-state index in [1.807, 2.05) is 0 Å². The smallest absolute Gasteiger partial charge is 0.213 e. The second kappa shape index (κ2) is 4.55. The zero-order valence-corrected chi connectivity index (χ0v) is 8.57. The molecule has 1 heterocycles. The highest BCUT2D eigenvalue weighted by Gasteiger charge is 2.29. The summed E-state index contributed by atoms with van der Waals surface area (Å²) in [5.74, 6) is 1.72. The first-order valence-electron chi connectivity index (χ1n) is 5.38. The molecule has 0 aromatic carbocycles. The standard InChI is InChI=1S/C10H17N3O/c1-2-9(8-3-4-8)11-6-5-10-12-7-14-13-10/h7-9,11H,2-6H2,1H3. The van der Waals surface area contributed by atoms with E-state index in [2.05, 4.69) is 26.9 Å². The Labute approximate surface area is 84.1 Å². The van der Waals surface area contributed by atoms with Gasteiger partial charge in [-0.15, -0.1) is 0 Å². The molecule has 1 atom stereocenters. The lowest BCUT2D eigenvalue weighted by atomic mass is 10.1. The fraction of sp³-hybridized carbons (Fsp3) is 0.800. The maximum absolute atomic E-state index is 4.67. The van der Waals surface area contributed by atoms with Crippen molar-refractivity contribution in [3.05, 3.63) is 12.2 Å². The maximum Gasteiger partial charge on any atom is 0.213 e. The third kappa shape index (κ3) is 2.54. The van der Waals surface area contributed by atoms with Gasteiger partial charge in [-0.05, 0) is 25.2 Å². The second-order valence-corrected chi connectivity index (χ2v) is 3.90. The van der Waals surface area contributed by atoms with E-state index in [4.69, 9.17) is 0 Å². The van der Waals surface area contributed by atoms with Crippen molar-refractivity contribution in [1.82, 2.24) is 15.5 Å². The monoisotopic (exact) mass is 195 g/mol. The Balaban J connectivity index is 1.66. The first-order valence-corrected chi connectivity index (χ1v) is 5.38. The molecule has 0 amide bonds. The van der Waals surface area contributed by atoms with Gasteiger partial charge in [0.25, 0.3) is 0 Å². The summed E-state index contributed by atoms with van der Waals surface area (Å²) >= 11 is 0. The summed E-state index contributed by atoms with van der Waals surface area (Å²) in [6.07, 6.45) is 6.26. The summed E-state index contributed by atoms with van der Waals surface area (Å²) in [5.41, 5.74) is 0. The SMILES string of the molecule is CCC(NCCc1ncon1)C1CC1. The zero-order chi connectivity index (χ0) is 9.80. The van der Waals surface area contributed by atoms with E-state index >= 15 is 0 Å². The largest absolute Gasteiger partial charge is 0.343 e. The molecule has 0 bridgehead atoms. The van der Waals surface area contributed by atoms with Crippen LogP contribution in [0.25, 0.3) is 0 Å². The minimum absolute atomic E-state index is 0.696. The van der Waals surface area contributed by atoms with Crippen molar-refractivity contribution in [2.45, 2.75) is 38.6 Å². The number of hydrogen-bond donors (Lipinski definition) is 1. The summed E-state index contributed by atoms with van der Waals surface area (Å²) in [4.78, 5) is 3.98. The molecule has 1 unspecified atom stereocenters. The Hall–Kier alpha value is -0.900. The Morgan fingerprint density at radius 2 is 2.50 bits per heavy atom. The van der Waals surface area contributed by atoms with E-state index in [0.717, 1.165) is 24.7 Å². The number of aromatic nitrogens is 2. The average molecular weight is 195 g/mol. The first kappa shape index (κ1) is 9.65. The number of nitrogens with zero attached hydrogens (tertiary/aromatic N) is 2. The van der Waals surface area contributed by atoms with Crippen molar-refractivity contribution in [3.63, 3.8) is 0 Å². The van der Waals surface area contributed by atoms with E-state index in [1.54, 1.807) is 0 Å². The molecule has 4 heteroatoms. The molecule has 1 aliphatic rings. The molecule has 1 aromatic rings. The van der Waals surface area contributed by atoms with Gasteiger partial charge in [0, 0.05) is 19.0 Å². The fourth-order valence-electron chi connectivity index (χ4n) is 1.81. The quantitative estimate of drug-likeness (QED) is 0.745. The van der Waals surface area contributed by atoms with Crippen LogP contribution in [0.1, 0.15) is 32.0 Å². The third-order valence-electron chi connectivity index (χ3n) is 2.79. The summed E-state index contributed by atoms with van der Waals surface area (Å²) in [5, 5.41) is 7.32. The number of hydrogen-bond acceptors (Lipinski definition) is 4. The van der Waals surface area contributed by atoms with E-state index in [0.29, 0.717) is 6.04 Å². The molecule has 1 aromatic heterocycles. The molecule has 1 fully saturated rings. The average Bonchev–Trinajstić information content (AvgIpc) is 2.91. The van der Waals surface area contributed by atoms with Crippen LogP contribution in [0.3, 0.4) is 0 Å². The molecule has 1 N–H and O–H groups in total. The normalized spacial score (nSPS) is 18.4. The van der Waals surface area contributed by atoms with Crippen LogP contribution in [0.2, 0.25) is 0 Å². The first-order chi connectivity index (χ1) is 6.90. The van der Waals surface area contributed by atoms with Gasteiger partial charge < -0.3 is 9.84 Å². The molecule has 1 aliphatic carbocycles. The van der Waals surface area contributed by atoms with Crippen LogP contribution in [-0.4, -0.2) is 22.7 Å². The molecule has 2 rings (SSSR count). The summed E-state index contributed by atoms with van der Waals surface area (Å²) < 4.78 is 4.67. The number of nitrogens with one attached hydrogen (secondary N) is 1. The van der Waals surface area contributed by atoms with Crippen LogP contribution in [0.5, 0.6) is 0 Å². The molecular weight excluding hydrogens is 178 g/mol. The van der Waals surface area contributed by atoms with Gasteiger partial charge in [0.2, 0.25) is 6.39 Å². The van der Waals surface area contributed by atoms with Crippen molar-refractivity contribution >= 4 is 0 Å². The molecule has 14 heavy (non-hydrogen) atoms. The summed E-state index contributed by atoms with van der Waals surface area (Å²) in [6.45, 7) is 3.19. The van der Waals surface area contributed by atoms with Crippen LogP contribution in [-0.2, 0) is 6.42 Å². The molecular formula is C10H17N3O. The maximum atomic E-state index is 4.67. The lowest BCUT2D eigenvalue weighted by Crippen LogP contribution is -2.32. The summed E-state index contributed by atoms with van der Waals surface area (Å²) in [6, 6.07) is 0.696. The Morgan fingerprint density at radius 1 is 1.64 bits per heavy atom.